The third kappa shape index (κ3) is 6.10. The van der Waals surface area contributed by atoms with Crippen LogP contribution in [0.25, 0.3) is 11.3 Å². The van der Waals surface area contributed by atoms with E-state index in [4.69, 9.17) is 11.6 Å². The molecule has 0 saturated carbocycles. The molecule has 0 amide bonds. The third-order valence-electron chi connectivity index (χ3n) is 5.10. The molecule has 3 rings (SSSR count). The first-order valence-corrected chi connectivity index (χ1v) is 11.9. The Labute approximate surface area is 211 Å². The van der Waals surface area contributed by atoms with Crippen molar-refractivity contribution in [2.75, 3.05) is 5.32 Å². The maximum Gasteiger partial charge on any atom is 0.251 e. The predicted octanol–water partition coefficient (Wildman–Crippen LogP) is 7.27. The van der Waals surface area contributed by atoms with E-state index in [9.17, 15) is 9.18 Å². The van der Waals surface area contributed by atoms with Crippen LogP contribution < -0.4 is 10.9 Å². The number of nitrogens with one attached hydrogen (secondary N) is 1. The smallest absolute Gasteiger partial charge is 0.251 e. The van der Waals surface area contributed by atoms with Crippen LogP contribution in [-0.2, 0) is 0 Å². The molecule has 1 unspecified atom stereocenters. The number of rotatable bonds is 8. The number of benzene rings is 1. The molecule has 0 bridgehead atoms. The molecule has 34 heavy (non-hydrogen) atoms. The zero-order valence-electron chi connectivity index (χ0n) is 19.1. The second kappa shape index (κ2) is 11.4. The van der Waals surface area contributed by atoms with Gasteiger partial charge in [-0.25, -0.2) is 14.4 Å². The molecule has 0 spiro atoms. The topological polar surface area (TPSA) is 59.8 Å². The Morgan fingerprint density at radius 1 is 1.32 bits per heavy atom. The summed E-state index contributed by atoms with van der Waals surface area (Å²) in [6.45, 7) is 9.67. The first-order valence-electron chi connectivity index (χ1n) is 10.7. The van der Waals surface area contributed by atoms with Gasteiger partial charge in [0, 0.05) is 28.5 Å². The Morgan fingerprint density at radius 3 is 2.71 bits per heavy atom. The van der Waals surface area contributed by atoms with Crippen LogP contribution >= 0.6 is 27.5 Å². The quantitative estimate of drug-likeness (QED) is 0.304. The van der Waals surface area contributed by atoms with Gasteiger partial charge in [0.05, 0.1) is 22.5 Å². The van der Waals surface area contributed by atoms with Crippen LogP contribution in [-0.4, -0.2) is 14.5 Å². The summed E-state index contributed by atoms with van der Waals surface area (Å²) in [5.74, 6) is -0.121. The summed E-state index contributed by atoms with van der Waals surface area (Å²) in [5, 5.41) is 3.24. The van der Waals surface area contributed by atoms with Gasteiger partial charge in [-0.05, 0) is 72.1 Å². The lowest BCUT2D eigenvalue weighted by molar-refractivity contribution is 0.541. The number of anilines is 1. The number of hydrogen-bond donors (Lipinski definition) is 1. The molecule has 1 N–H and O–H groups in total. The van der Waals surface area contributed by atoms with Crippen LogP contribution in [0.3, 0.4) is 0 Å². The monoisotopic (exact) mass is 542 g/mol. The van der Waals surface area contributed by atoms with Gasteiger partial charge in [-0.1, -0.05) is 42.8 Å². The minimum Gasteiger partial charge on any atom is -0.323 e. The Kier molecular flexibility index (Phi) is 8.58. The molecular formula is C26H25BrClFN4O. The summed E-state index contributed by atoms with van der Waals surface area (Å²) in [5.41, 5.74) is 3.35. The minimum atomic E-state index is -0.507. The molecule has 2 aromatic heterocycles. The van der Waals surface area contributed by atoms with Gasteiger partial charge >= 0.3 is 0 Å². The van der Waals surface area contributed by atoms with Crippen molar-refractivity contribution in [2.24, 2.45) is 0 Å². The summed E-state index contributed by atoms with van der Waals surface area (Å²) in [6, 6.07) is 9.38. The van der Waals surface area contributed by atoms with Crippen molar-refractivity contribution in [3.8, 4) is 11.3 Å². The fourth-order valence-corrected chi connectivity index (χ4v) is 3.82. The lowest BCUT2D eigenvalue weighted by atomic mass is 10.0. The largest absolute Gasteiger partial charge is 0.323 e. The van der Waals surface area contributed by atoms with Gasteiger partial charge in [0.2, 0.25) is 5.95 Å². The summed E-state index contributed by atoms with van der Waals surface area (Å²) in [6.07, 6.45) is 7.73. The SMILES string of the molecule is C=C(C)/C=C(Nc1nccc(-c2ccn(C(CC)c3ccc(Cl)c(F)c3)c(=O)c2)n1)\C(Br)=C/C. The molecule has 176 valence electrons. The van der Waals surface area contributed by atoms with Crippen molar-refractivity contribution in [1.82, 2.24) is 14.5 Å². The third-order valence-corrected chi connectivity index (χ3v) is 6.29. The zero-order valence-corrected chi connectivity index (χ0v) is 21.5. The van der Waals surface area contributed by atoms with E-state index in [-0.39, 0.29) is 16.6 Å². The van der Waals surface area contributed by atoms with Crippen LogP contribution in [0.15, 0.2) is 88.1 Å². The van der Waals surface area contributed by atoms with Crippen LogP contribution in [0.2, 0.25) is 5.02 Å². The van der Waals surface area contributed by atoms with E-state index < -0.39 is 5.82 Å². The molecule has 0 fully saturated rings. The lowest BCUT2D eigenvalue weighted by Gasteiger charge is -2.19. The van der Waals surface area contributed by atoms with Crippen molar-refractivity contribution in [3.63, 3.8) is 0 Å². The highest BCUT2D eigenvalue weighted by atomic mass is 79.9. The van der Waals surface area contributed by atoms with E-state index >= 15 is 0 Å². The van der Waals surface area contributed by atoms with Crippen molar-refractivity contribution < 1.29 is 4.39 Å². The zero-order chi connectivity index (χ0) is 24.8. The molecule has 3 aromatic rings. The molecular weight excluding hydrogens is 519 g/mol. The van der Waals surface area contributed by atoms with Gasteiger partial charge in [0.25, 0.3) is 5.56 Å². The molecule has 2 heterocycles. The van der Waals surface area contributed by atoms with Crippen LogP contribution in [0.1, 0.15) is 38.8 Å². The van der Waals surface area contributed by atoms with E-state index in [1.807, 2.05) is 39.0 Å². The molecule has 1 aromatic carbocycles. The fraction of sp³-hybridized carbons (Fsp3) is 0.192. The first-order chi connectivity index (χ1) is 16.2. The molecule has 0 aliphatic heterocycles. The van der Waals surface area contributed by atoms with Crippen LogP contribution in [0.5, 0.6) is 0 Å². The molecule has 0 aliphatic carbocycles. The van der Waals surface area contributed by atoms with Crippen molar-refractivity contribution in [3.05, 3.63) is 110 Å². The highest BCUT2D eigenvalue weighted by Crippen LogP contribution is 2.26. The maximum atomic E-state index is 14.0. The van der Waals surface area contributed by atoms with Gasteiger partial charge in [-0.15, -0.1) is 0 Å². The van der Waals surface area contributed by atoms with Crippen molar-refractivity contribution in [2.45, 2.75) is 33.2 Å². The minimum absolute atomic E-state index is 0.0529. The van der Waals surface area contributed by atoms with Gasteiger partial charge in [-0.3, -0.25) is 4.79 Å². The predicted molar refractivity (Wildman–Crippen MR) is 141 cm³/mol. The first kappa shape index (κ1) is 25.6. The number of nitrogens with zero attached hydrogens (tertiary/aromatic N) is 3. The lowest BCUT2D eigenvalue weighted by Crippen LogP contribution is -2.24. The van der Waals surface area contributed by atoms with Crippen molar-refractivity contribution in [1.29, 1.82) is 0 Å². The molecule has 5 nitrogen and oxygen atoms in total. The summed E-state index contributed by atoms with van der Waals surface area (Å²) in [4.78, 5) is 21.9. The van der Waals surface area contributed by atoms with Crippen molar-refractivity contribution >= 4 is 33.5 Å². The molecule has 1 atom stereocenters. The summed E-state index contributed by atoms with van der Waals surface area (Å²) >= 11 is 9.33. The van der Waals surface area contributed by atoms with E-state index in [2.05, 4.69) is 37.8 Å². The number of allylic oxidation sites excluding steroid dienone is 4. The Balaban J connectivity index is 1.93. The van der Waals surface area contributed by atoms with Gasteiger partial charge in [0.1, 0.15) is 5.82 Å². The Bertz CT molecular complexity index is 1330. The van der Waals surface area contributed by atoms with Crippen LogP contribution in [0.4, 0.5) is 10.3 Å². The van der Waals surface area contributed by atoms with Gasteiger partial charge in [-0.2, -0.15) is 0 Å². The average Bonchev–Trinajstić information content (AvgIpc) is 2.81. The Morgan fingerprint density at radius 2 is 2.09 bits per heavy atom. The molecule has 0 saturated heterocycles. The number of hydrogen-bond acceptors (Lipinski definition) is 4. The molecule has 8 heteroatoms. The standard InChI is InChI=1S/C26H25BrClFN4O/c1-5-19(27)23(13-16(3)4)32-26-30-11-9-22(31-26)17-10-12-33(25(34)15-17)24(6-2)18-7-8-20(28)21(29)14-18/h5,7-15,24H,3,6H2,1-2,4H3,(H,30,31,32)/b19-5+,23-13+. The van der Waals surface area contributed by atoms with Gasteiger partial charge < -0.3 is 9.88 Å². The number of aromatic nitrogens is 3. The van der Waals surface area contributed by atoms with E-state index in [1.165, 1.54) is 18.2 Å². The summed E-state index contributed by atoms with van der Waals surface area (Å²) in [7, 11) is 0. The Hall–Kier alpha value is -3.03. The number of pyridine rings is 1. The normalized spacial score (nSPS) is 13.0. The maximum absolute atomic E-state index is 14.0. The second-order valence-corrected chi connectivity index (χ2v) is 8.95. The van der Waals surface area contributed by atoms with E-state index in [1.54, 1.807) is 29.1 Å². The highest BCUT2D eigenvalue weighted by molar-refractivity contribution is 9.12. The molecule has 0 radical (unpaired) electrons. The van der Waals surface area contributed by atoms with E-state index in [0.29, 0.717) is 29.2 Å². The van der Waals surface area contributed by atoms with Crippen LogP contribution in [0, 0.1) is 5.82 Å². The fourth-order valence-electron chi connectivity index (χ4n) is 3.49. The van der Waals surface area contributed by atoms with E-state index in [0.717, 1.165) is 15.8 Å². The number of halogens is 3. The average molecular weight is 544 g/mol. The molecule has 0 aliphatic rings. The second-order valence-electron chi connectivity index (χ2n) is 7.69. The summed E-state index contributed by atoms with van der Waals surface area (Å²) < 4.78 is 16.4. The van der Waals surface area contributed by atoms with Gasteiger partial charge in [0.15, 0.2) is 0 Å². The highest BCUT2D eigenvalue weighted by Gasteiger charge is 2.16.